The lowest BCUT2D eigenvalue weighted by molar-refractivity contribution is -0.663. The number of fused-ring (bicyclic) bond motifs is 2. The van der Waals surface area contributed by atoms with Crippen molar-refractivity contribution < 1.29 is 38.8 Å². The molecule has 3 aliphatic rings. The number of carboxylic acids is 2. The van der Waals surface area contributed by atoms with Crippen LogP contribution in [0.3, 0.4) is 0 Å². The van der Waals surface area contributed by atoms with Gasteiger partial charge in [-0.2, -0.15) is 4.57 Å². The molecule has 2 fully saturated rings. The number of aromatic nitrogens is 3. The minimum Gasteiger partial charge on any atom is -0.543 e. The van der Waals surface area contributed by atoms with E-state index < -0.39 is 46.5 Å². The first-order valence-corrected chi connectivity index (χ1v) is 17.0. The molecule has 18 heteroatoms. The Labute approximate surface area is 281 Å². The number of β-lactam (4-membered cyclic amide) rings is 1. The highest BCUT2D eigenvalue weighted by atomic mass is 35.5. The number of carbonyl (C=O) groups excluding carboxylic acids is 3. The van der Waals surface area contributed by atoms with Crippen LogP contribution in [0.25, 0.3) is 11.0 Å². The SMILES string of the molecule is CNCCCn1ccc2c1ccc[n+]2CC1=C(C(=O)[O-])N2C(=O)[C@@H](NC(=O)/C(=N\OC3(C(=O)O)CCC3)c3nc(N)sc3Cl)[C@H]2SC1. The summed E-state index contributed by atoms with van der Waals surface area (Å²) >= 11 is 8.42. The van der Waals surface area contributed by atoms with Gasteiger partial charge in [0.1, 0.15) is 27.0 Å². The third kappa shape index (κ3) is 6.03. The quantitative estimate of drug-likeness (QED) is 0.0616. The number of hydrogen-bond donors (Lipinski definition) is 4. The second-order valence-electron chi connectivity index (χ2n) is 11.3. The van der Waals surface area contributed by atoms with Crippen LogP contribution < -0.4 is 26.0 Å². The van der Waals surface area contributed by atoms with Crippen LogP contribution in [-0.4, -0.2) is 85.4 Å². The molecule has 2 atom stereocenters. The molecule has 5 N–H and O–H groups in total. The molecule has 0 unspecified atom stereocenters. The molecule has 3 aromatic heterocycles. The summed E-state index contributed by atoms with van der Waals surface area (Å²) in [6.45, 7) is 1.90. The largest absolute Gasteiger partial charge is 0.543 e. The summed E-state index contributed by atoms with van der Waals surface area (Å²) in [6.07, 6.45) is 5.78. The topological polar surface area (TPSA) is 208 Å². The molecule has 15 nitrogen and oxygen atoms in total. The monoisotopic (exact) mass is 702 g/mol. The molecule has 1 aliphatic carbocycles. The van der Waals surface area contributed by atoms with E-state index in [2.05, 4.69) is 25.3 Å². The number of oxime groups is 1. The van der Waals surface area contributed by atoms with Crippen LogP contribution in [-0.2, 0) is 37.1 Å². The van der Waals surface area contributed by atoms with Gasteiger partial charge in [0.05, 0.1) is 11.7 Å². The summed E-state index contributed by atoms with van der Waals surface area (Å²) in [5.74, 6) is -4.04. The molecule has 0 radical (unpaired) electrons. The van der Waals surface area contributed by atoms with Crippen LogP contribution in [0.5, 0.6) is 0 Å². The van der Waals surface area contributed by atoms with Crippen LogP contribution >= 0.6 is 34.7 Å². The Hall–Kier alpha value is -4.19. The lowest BCUT2D eigenvalue weighted by Crippen LogP contribution is -2.71. The molecule has 0 bridgehead atoms. The van der Waals surface area contributed by atoms with Crippen LogP contribution in [0.15, 0.2) is 47.0 Å². The molecule has 0 spiro atoms. The number of carbonyl (C=O) groups is 4. The molecule has 3 aromatic rings. The second kappa shape index (κ2) is 13.1. The van der Waals surface area contributed by atoms with E-state index in [4.69, 9.17) is 22.2 Å². The maximum absolute atomic E-state index is 13.5. The van der Waals surface area contributed by atoms with Crippen molar-refractivity contribution >= 4 is 80.3 Å². The fourth-order valence-electron chi connectivity index (χ4n) is 5.81. The predicted molar refractivity (Wildman–Crippen MR) is 171 cm³/mol. The fraction of sp³-hybridized carbons (Fsp3) is 0.414. The van der Waals surface area contributed by atoms with Crippen LogP contribution in [0.2, 0.25) is 4.34 Å². The van der Waals surface area contributed by atoms with Gasteiger partial charge in [0, 0.05) is 49.0 Å². The normalized spacial score (nSPS) is 20.4. The van der Waals surface area contributed by atoms with Crippen LogP contribution in [0.1, 0.15) is 31.4 Å². The smallest absolute Gasteiger partial charge is 0.350 e. The van der Waals surface area contributed by atoms with Gasteiger partial charge in [-0.25, -0.2) is 9.78 Å². The van der Waals surface area contributed by atoms with Crippen molar-refractivity contribution in [3.63, 3.8) is 0 Å². The van der Waals surface area contributed by atoms with E-state index in [-0.39, 0.29) is 46.0 Å². The Morgan fingerprint density at radius 3 is 2.77 bits per heavy atom. The first-order valence-electron chi connectivity index (χ1n) is 14.8. The van der Waals surface area contributed by atoms with E-state index >= 15 is 0 Å². The number of pyridine rings is 1. The Morgan fingerprint density at radius 2 is 2.13 bits per heavy atom. The lowest BCUT2D eigenvalue weighted by atomic mass is 9.80. The van der Waals surface area contributed by atoms with E-state index in [1.54, 1.807) is 0 Å². The maximum atomic E-state index is 13.5. The van der Waals surface area contributed by atoms with Crippen molar-refractivity contribution in [1.29, 1.82) is 0 Å². The zero-order chi connectivity index (χ0) is 33.5. The van der Waals surface area contributed by atoms with Crippen molar-refractivity contribution in [2.75, 3.05) is 25.1 Å². The minimum atomic E-state index is -1.59. The van der Waals surface area contributed by atoms with E-state index in [0.29, 0.717) is 12.0 Å². The van der Waals surface area contributed by atoms with Crippen molar-refractivity contribution in [2.45, 2.75) is 55.8 Å². The highest BCUT2D eigenvalue weighted by Gasteiger charge is 2.54. The van der Waals surface area contributed by atoms with E-state index in [1.165, 1.54) is 11.8 Å². The number of nitrogen functional groups attached to an aromatic ring is 1. The van der Waals surface area contributed by atoms with Gasteiger partial charge in [0.25, 0.3) is 11.8 Å². The standard InChI is InChI=1S/C29H31ClN8O7S2/c1-32-9-4-11-36-12-6-17-16(36)5-2-10-37(17)13-15-14-46-25-20(24(40)38(25)21(15)26(41)42)33-23(39)19(18-22(30)47-28(31)34-18)35-45-29(27(43)44)7-3-8-29/h2,5-6,10,12,20,25,32H,3-4,7-9,11,13-14H2,1H3,(H4-,31,33,34,39,41,42,43,44)/b35-19-/t20-,25-/m1/s1. The molecular weight excluding hydrogens is 672 g/mol. The first kappa shape index (κ1) is 32.7. The number of nitrogens with one attached hydrogen (secondary N) is 2. The molecule has 1 saturated carbocycles. The average Bonchev–Trinajstić information content (AvgIpc) is 3.58. The average molecular weight is 703 g/mol. The molecule has 248 valence electrons. The Bertz CT molecular complexity index is 1840. The van der Waals surface area contributed by atoms with Crippen molar-refractivity contribution in [3.8, 4) is 0 Å². The summed E-state index contributed by atoms with van der Waals surface area (Å²) in [4.78, 5) is 61.7. The Kier molecular flexibility index (Phi) is 9.15. The molecule has 47 heavy (non-hydrogen) atoms. The Morgan fingerprint density at radius 1 is 1.34 bits per heavy atom. The number of nitrogens with zero attached hydrogens (tertiary/aromatic N) is 5. The highest BCUT2D eigenvalue weighted by Crippen LogP contribution is 2.41. The third-order valence-corrected chi connectivity index (χ3v) is 10.9. The zero-order valence-corrected chi connectivity index (χ0v) is 27.5. The number of rotatable bonds is 13. The van der Waals surface area contributed by atoms with Gasteiger partial charge < -0.3 is 40.8 Å². The number of aryl methyl sites for hydroxylation is 1. The highest BCUT2D eigenvalue weighted by molar-refractivity contribution is 8.00. The van der Waals surface area contributed by atoms with Gasteiger partial charge in [0.15, 0.2) is 23.6 Å². The summed E-state index contributed by atoms with van der Waals surface area (Å²) in [5, 5.41) is 30.9. The fourth-order valence-corrected chi connectivity index (χ4v) is 8.08. The zero-order valence-electron chi connectivity index (χ0n) is 25.1. The van der Waals surface area contributed by atoms with Gasteiger partial charge in [0.2, 0.25) is 11.1 Å². The number of halogens is 1. The summed E-state index contributed by atoms with van der Waals surface area (Å²) in [7, 11) is 1.90. The number of thioether (sulfide) groups is 1. The van der Waals surface area contributed by atoms with Crippen LogP contribution in [0.4, 0.5) is 5.13 Å². The first-order chi connectivity index (χ1) is 22.5. The van der Waals surface area contributed by atoms with Crippen molar-refractivity contribution in [1.82, 2.24) is 25.1 Å². The van der Waals surface area contributed by atoms with Crippen LogP contribution in [0, 0.1) is 0 Å². The van der Waals surface area contributed by atoms with Gasteiger partial charge in [-0.1, -0.05) is 28.1 Å². The summed E-state index contributed by atoms with van der Waals surface area (Å²) in [5.41, 5.74) is 5.75. The number of anilines is 1. The minimum absolute atomic E-state index is 0.0132. The van der Waals surface area contributed by atoms with Crippen molar-refractivity contribution in [2.24, 2.45) is 5.16 Å². The van der Waals surface area contributed by atoms with E-state index in [9.17, 15) is 29.4 Å². The molecular formula is C29H31ClN8O7S2. The maximum Gasteiger partial charge on any atom is 0.350 e. The lowest BCUT2D eigenvalue weighted by Gasteiger charge is -2.50. The number of aliphatic carboxylic acids is 2. The molecule has 1 saturated heterocycles. The summed E-state index contributed by atoms with van der Waals surface area (Å²) < 4.78 is 4.09. The van der Waals surface area contributed by atoms with Crippen molar-refractivity contribution in [3.05, 3.63) is 51.9 Å². The number of amides is 2. The number of hydrogen-bond acceptors (Lipinski definition) is 12. The second-order valence-corrected chi connectivity index (χ2v) is 14.1. The third-order valence-electron chi connectivity index (χ3n) is 8.43. The van der Waals surface area contributed by atoms with Gasteiger partial charge in [-0.05, 0) is 32.5 Å². The van der Waals surface area contributed by atoms with Gasteiger partial charge >= 0.3 is 5.97 Å². The number of thiazole rings is 1. The number of carboxylic acid groups (broad SMARTS) is 2. The Balaban J connectivity index is 1.22. The molecule has 6 rings (SSSR count). The molecule has 2 amide bonds. The molecule has 5 heterocycles. The summed E-state index contributed by atoms with van der Waals surface area (Å²) in [6, 6.07) is 4.74. The van der Waals surface area contributed by atoms with Gasteiger partial charge in [-0.3, -0.25) is 14.5 Å². The number of nitrogens with two attached hydrogens (primary N) is 1. The van der Waals surface area contributed by atoms with E-state index in [0.717, 1.165) is 46.8 Å². The predicted octanol–water partition coefficient (Wildman–Crippen LogP) is 0.0625. The van der Waals surface area contributed by atoms with Gasteiger partial charge in [-0.15, -0.1) is 11.8 Å². The van der Waals surface area contributed by atoms with E-state index in [1.807, 2.05) is 42.2 Å². The molecule has 0 aromatic carbocycles. The molecule has 2 aliphatic heterocycles.